The van der Waals surface area contributed by atoms with Crippen molar-refractivity contribution < 1.29 is 14.7 Å². The van der Waals surface area contributed by atoms with Crippen molar-refractivity contribution in [3.05, 3.63) is 33.8 Å². The van der Waals surface area contributed by atoms with Gasteiger partial charge in [0, 0.05) is 0 Å². The first-order chi connectivity index (χ1) is 8.87. The van der Waals surface area contributed by atoms with Crippen molar-refractivity contribution >= 4 is 35.1 Å². The summed E-state index contributed by atoms with van der Waals surface area (Å²) in [7, 11) is 0. The van der Waals surface area contributed by atoms with Gasteiger partial charge in [-0.2, -0.15) is 0 Å². The topological polar surface area (TPSA) is 66.4 Å². The van der Waals surface area contributed by atoms with Gasteiger partial charge in [-0.3, -0.25) is 9.59 Å². The van der Waals surface area contributed by atoms with Crippen LogP contribution in [0.2, 0.25) is 10.0 Å². The lowest BCUT2D eigenvalue weighted by Gasteiger charge is -2.21. The molecule has 0 aromatic heterocycles. The van der Waals surface area contributed by atoms with Crippen molar-refractivity contribution in [3.63, 3.8) is 0 Å². The molecule has 19 heavy (non-hydrogen) atoms. The van der Waals surface area contributed by atoms with Crippen LogP contribution in [0.25, 0.3) is 0 Å². The number of carbonyl (C=O) groups excluding carboxylic acids is 1. The molecule has 0 spiro atoms. The number of carbonyl (C=O) groups is 2. The zero-order valence-corrected chi connectivity index (χ0v) is 11.8. The first-order valence-corrected chi connectivity index (χ1v) is 6.62. The van der Waals surface area contributed by atoms with E-state index in [1.54, 1.807) is 25.1 Å². The number of benzene rings is 1. The molecule has 1 fully saturated rings. The molecule has 0 radical (unpaired) electrons. The summed E-state index contributed by atoms with van der Waals surface area (Å²) in [5.74, 6) is -1.94. The molecule has 6 heteroatoms. The molecular weight excluding hydrogens is 289 g/mol. The van der Waals surface area contributed by atoms with Gasteiger partial charge in [0.1, 0.15) is 0 Å². The van der Waals surface area contributed by atoms with E-state index in [4.69, 9.17) is 28.3 Å². The van der Waals surface area contributed by atoms with Gasteiger partial charge in [0.15, 0.2) is 0 Å². The maximum atomic E-state index is 12.2. The molecule has 0 bridgehead atoms. The van der Waals surface area contributed by atoms with Gasteiger partial charge in [0.2, 0.25) is 0 Å². The minimum atomic E-state index is -0.921. The Bertz CT molecular complexity index is 541. The number of aliphatic carboxylic acids is 1. The number of carboxylic acids is 1. The van der Waals surface area contributed by atoms with Crippen LogP contribution in [0.15, 0.2) is 18.2 Å². The highest BCUT2D eigenvalue weighted by Gasteiger charge is 2.51. The van der Waals surface area contributed by atoms with Crippen LogP contribution in [0.4, 0.5) is 0 Å². The molecule has 102 valence electrons. The van der Waals surface area contributed by atoms with E-state index < -0.39 is 23.3 Å². The van der Waals surface area contributed by atoms with Gasteiger partial charge in [-0.1, -0.05) is 29.3 Å². The van der Waals surface area contributed by atoms with Crippen LogP contribution in [0.1, 0.15) is 30.1 Å². The normalized spacial score (nSPS) is 17.6. The van der Waals surface area contributed by atoms with E-state index in [0.717, 1.165) is 0 Å². The Morgan fingerprint density at radius 2 is 2.00 bits per heavy atom. The third-order valence-electron chi connectivity index (χ3n) is 3.55. The molecule has 1 aromatic rings. The second-order valence-electron chi connectivity index (χ2n) is 4.77. The van der Waals surface area contributed by atoms with Gasteiger partial charge in [0.25, 0.3) is 5.91 Å². The highest BCUT2D eigenvalue weighted by Crippen LogP contribution is 2.43. The van der Waals surface area contributed by atoms with Crippen LogP contribution in [-0.4, -0.2) is 22.5 Å². The highest BCUT2D eigenvalue weighted by atomic mass is 35.5. The fraction of sp³-hybridized carbons (Fsp3) is 0.385. The second-order valence-corrected chi connectivity index (χ2v) is 5.56. The predicted molar refractivity (Wildman–Crippen MR) is 72.7 cm³/mol. The molecule has 1 aromatic carbocycles. The maximum absolute atomic E-state index is 12.2. The quantitative estimate of drug-likeness (QED) is 0.898. The summed E-state index contributed by atoms with van der Waals surface area (Å²) in [6.07, 6.45) is 1.31. The Balaban J connectivity index is 2.18. The minimum Gasteiger partial charge on any atom is -0.481 e. The monoisotopic (exact) mass is 301 g/mol. The number of rotatable bonds is 4. The fourth-order valence-electron chi connectivity index (χ4n) is 2.01. The number of amides is 1. The Labute approximate surface area is 120 Å². The van der Waals surface area contributed by atoms with Crippen molar-refractivity contribution in [2.24, 2.45) is 5.92 Å². The zero-order valence-electron chi connectivity index (χ0n) is 10.2. The maximum Gasteiger partial charge on any atom is 0.308 e. The van der Waals surface area contributed by atoms with Crippen LogP contribution < -0.4 is 5.32 Å². The highest BCUT2D eigenvalue weighted by molar-refractivity contribution is 6.43. The first-order valence-electron chi connectivity index (χ1n) is 5.87. The third-order valence-corrected chi connectivity index (χ3v) is 4.37. The molecular formula is C13H13Cl2NO3. The molecule has 1 aliphatic rings. The number of hydrogen-bond acceptors (Lipinski definition) is 2. The molecule has 1 amide bonds. The molecule has 0 aliphatic heterocycles. The van der Waals surface area contributed by atoms with E-state index in [1.165, 1.54) is 0 Å². The van der Waals surface area contributed by atoms with Crippen LogP contribution >= 0.6 is 23.2 Å². The lowest BCUT2D eigenvalue weighted by Crippen LogP contribution is -2.44. The van der Waals surface area contributed by atoms with E-state index in [-0.39, 0.29) is 10.6 Å². The molecule has 1 saturated carbocycles. The summed E-state index contributed by atoms with van der Waals surface area (Å²) in [6, 6.07) is 4.78. The SMILES string of the molecule is CC(C(=O)O)C1(NC(=O)c2cccc(Cl)c2Cl)CC1. The Kier molecular flexibility index (Phi) is 3.74. The third kappa shape index (κ3) is 2.69. The molecule has 4 nitrogen and oxygen atoms in total. The van der Waals surface area contributed by atoms with E-state index in [0.29, 0.717) is 17.9 Å². The van der Waals surface area contributed by atoms with Gasteiger partial charge in [-0.15, -0.1) is 0 Å². The average Bonchev–Trinajstić information content (AvgIpc) is 3.12. The summed E-state index contributed by atoms with van der Waals surface area (Å²) in [6.45, 7) is 1.59. The summed E-state index contributed by atoms with van der Waals surface area (Å²) in [5, 5.41) is 12.3. The van der Waals surface area contributed by atoms with Crippen molar-refractivity contribution in [2.75, 3.05) is 0 Å². The molecule has 1 aliphatic carbocycles. The molecule has 1 unspecified atom stereocenters. The number of hydrogen-bond donors (Lipinski definition) is 2. The largest absolute Gasteiger partial charge is 0.481 e. The van der Waals surface area contributed by atoms with Crippen molar-refractivity contribution in [1.29, 1.82) is 0 Å². The zero-order chi connectivity index (χ0) is 14.2. The fourth-order valence-corrected chi connectivity index (χ4v) is 2.40. The molecule has 0 saturated heterocycles. The molecule has 0 heterocycles. The summed E-state index contributed by atoms with van der Waals surface area (Å²) in [4.78, 5) is 23.2. The van der Waals surface area contributed by atoms with E-state index in [2.05, 4.69) is 5.32 Å². The van der Waals surface area contributed by atoms with Crippen molar-refractivity contribution in [2.45, 2.75) is 25.3 Å². The molecule has 2 N–H and O–H groups in total. The second kappa shape index (κ2) is 5.02. The van der Waals surface area contributed by atoms with Crippen LogP contribution in [0, 0.1) is 5.92 Å². The van der Waals surface area contributed by atoms with Gasteiger partial charge >= 0.3 is 5.97 Å². The van der Waals surface area contributed by atoms with Gasteiger partial charge in [0.05, 0.1) is 27.1 Å². The smallest absolute Gasteiger partial charge is 0.308 e. The lowest BCUT2D eigenvalue weighted by molar-refractivity contribution is -0.142. The van der Waals surface area contributed by atoms with E-state index in [9.17, 15) is 9.59 Å². The van der Waals surface area contributed by atoms with Crippen LogP contribution in [-0.2, 0) is 4.79 Å². The summed E-state index contributed by atoms with van der Waals surface area (Å²) in [5.41, 5.74) is -0.396. The van der Waals surface area contributed by atoms with Crippen molar-refractivity contribution in [1.82, 2.24) is 5.32 Å². The molecule has 1 atom stereocenters. The van der Waals surface area contributed by atoms with E-state index >= 15 is 0 Å². The van der Waals surface area contributed by atoms with Crippen LogP contribution in [0.5, 0.6) is 0 Å². The van der Waals surface area contributed by atoms with Crippen LogP contribution in [0.3, 0.4) is 0 Å². The lowest BCUT2D eigenvalue weighted by atomic mass is 9.99. The summed E-state index contributed by atoms with van der Waals surface area (Å²) < 4.78 is 0. The minimum absolute atomic E-state index is 0.181. The van der Waals surface area contributed by atoms with Gasteiger partial charge in [-0.05, 0) is 31.9 Å². The van der Waals surface area contributed by atoms with Gasteiger partial charge in [-0.25, -0.2) is 0 Å². The standard InChI is InChI=1S/C13H13Cl2NO3/c1-7(12(18)19)13(5-6-13)16-11(17)8-3-2-4-9(14)10(8)15/h2-4,7H,5-6H2,1H3,(H,16,17)(H,18,19). The average molecular weight is 302 g/mol. The van der Waals surface area contributed by atoms with E-state index in [1.807, 2.05) is 0 Å². The summed E-state index contributed by atoms with van der Waals surface area (Å²) >= 11 is 11.8. The number of nitrogens with one attached hydrogen (secondary N) is 1. The number of halogens is 2. The predicted octanol–water partition coefficient (Wildman–Crippen LogP) is 2.98. The Morgan fingerprint density at radius 1 is 1.37 bits per heavy atom. The van der Waals surface area contributed by atoms with Crippen molar-refractivity contribution in [3.8, 4) is 0 Å². The molecule has 2 rings (SSSR count). The number of carboxylic acid groups (broad SMARTS) is 1. The van der Waals surface area contributed by atoms with Gasteiger partial charge < -0.3 is 10.4 Å². The first kappa shape index (κ1) is 14.2. The Hall–Kier alpha value is -1.26. The Morgan fingerprint density at radius 3 is 2.53 bits per heavy atom.